The molecule has 0 radical (unpaired) electrons. The zero-order valence-corrected chi connectivity index (χ0v) is 18.8. The number of methoxy groups -OCH3 is 1. The molecule has 0 saturated carbocycles. The van der Waals surface area contributed by atoms with Crippen molar-refractivity contribution >= 4 is 0 Å². The molecule has 2 aromatic rings. The average Bonchev–Trinajstić information content (AvgIpc) is 2.98. The Labute approximate surface area is 188 Å². The van der Waals surface area contributed by atoms with E-state index in [1.807, 2.05) is 18.2 Å². The topological polar surface area (TPSA) is 57.2 Å². The van der Waals surface area contributed by atoms with E-state index in [1.54, 1.807) is 13.2 Å². The van der Waals surface area contributed by atoms with Crippen LogP contribution in [-0.4, -0.2) is 74.5 Å². The molecule has 2 aromatic carbocycles. The second-order valence-electron chi connectivity index (χ2n) is 8.26. The van der Waals surface area contributed by atoms with Gasteiger partial charge in [0.05, 0.1) is 7.11 Å². The summed E-state index contributed by atoms with van der Waals surface area (Å²) < 4.78 is 37.7. The van der Waals surface area contributed by atoms with Gasteiger partial charge in [0.15, 0.2) is 23.1 Å². The number of nitrogens with one attached hydrogen (secondary N) is 1. The molecule has 0 spiro atoms. The fraction of sp³-hybridized carbons (Fsp3) is 0.500. The van der Waals surface area contributed by atoms with E-state index in [2.05, 4.69) is 22.2 Å². The number of rotatable bonds is 10. The third kappa shape index (κ3) is 7.41. The van der Waals surface area contributed by atoms with Gasteiger partial charge in [0.2, 0.25) is 0 Å². The minimum absolute atomic E-state index is 0.175. The molecule has 8 heteroatoms. The zero-order chi connectivity index (χ0) is 22.9. The third-order valence-corrected chi connectivity index (χ3v) is 5.58. The van der Waals surface area contributed by atoms with Gasteiger partial charge in [0.1, 0.15) is 12.7 Å². The van der Waals surface area contributed by atoms with Crippen LogP contribution in [0.5, 0.6) is 11.5 Å². The molecular weight excluding hydrogens is 416 g/mol. The van der Waals surface area contributed by atoms with Gasteiger partial charge in [-0.25, -0.2) is 8.78 Å². The van der Waals surface area contributed by atoms with Crippen molar-refractivity contribution in [3.63, 3.8) is 0 Å². The second kappa shape index (κ2) is 12.1. The van der Waals surface area contributed by atoms with Crippen LogP contribution in [0, 0.1) is 11.6 Å². The van der Waals surface area contributed by atoms with Gasteiger partial charge in [-0.1, -0.05) is 12.1 Å². The molecular formula is C24H33F2N3O3. The predicted octanol–water partition coefficient (Wildman–Crippen LogP) is 2.64. The Kier molecular flexibility index (Phi) is 9.23. The molecule has 176 valence electrons. The number of likely N-dealkylation sites (N-methyl/N-ethyl adjacent to an activating group) is 1. The Bertz CT molecular complexity index is 868. The van der Waals surface area contributed by atoms with Gasteiger partial charge in [0.25, 0.3) is 0 Å². The van der Waals surface area contributed by atoms with Crippen molar-refractivity contribution in [3.8, 4) is 11.5 Å². The van der Waals surface area contributed by atoms with Crippen LogP contribution >= 0.6 is 0 Å². The molecule has 3 rings (SSSR count). The van der Waals surface area contributed by atoms with Crippen molar-refractivity contribution in [3.05, 3.63) is 59.2 Å². The lowest BCUT2D eigenvalue weighted by Gasteiger charge is -2.23. The summed E-state index contributed by atoms with van der Waals surface area (Å²) >= 11 is 0. The molecule has 1 aliphatic heterocycles. The highest BCUT2D eigenvalue weighted by atomic mass is 19.2. The van der Waals surface area contributed by atoms with E-state index in [0.29, 0.717) is 36.7 Å². The lowest BCUT2D eigenvalue weighted by atomic mass is 10.1. The zero-order valence-electron chi connectivity index (χ0n) is 18.8. The first-order valence-corrected chi connectivity index (χ1v) is 11.0. The number of halogens is 2. The lowest BCUT2D eigenvalue weighted by Crippen LogP contribution is -2.37. The van der Waals surface area contributed by atoms with E-state index in [9.17, 15) is 13.9 Å². The monoisotopic (exact) mass is 449 g/mol. The molecule has 1 fully saturated rings. The van der Waals surface area contributed by atoms with Crippen LogP contribution in [0.1, 0.15) is 17.5 Å². The molecule has 6 nitrogen and oxygen atoms in total. The average molecular weight is 450 g/mol. The molecule has 0 amide bonds. The summed E-state index contributed by atoms with van der Waals surface area (Å²) in [6.45, 7) is 5.67. The maximum absolute atomic E-state index is 13.3. The smallest absolute Gasteiger partial charge is 0.161 e. The number of aliphatic hydroxyl groups is 1. The Balaban J connectivity index is 1.50. The Morgan fingerprint density at radius 3 is 2.47 bits per heavy atom. The molecule has 0 bridgehead atoms. The Morgan fingerprint density at radius 1 is 0.969 bits per heavy atom. The molecule has 0 unspecified atom stereocenters. The number of β-amino-alcohol motifs (C(OH)–C–C–N with tert-alkyl or cyclic N) is 1. The van der Waals surface area contributed by atoms with Crippen molar-refractivity contribution in [2.24, 2.45) is 0 Å². The minimum Gasteiger partial charge on any atom is -0.493 e. The Hall–Kier alpha value is -2.26. The highest BCUT2D eigenvalue weighted by Crippen LogP contribution is 2.28. The first-order valence-electron chi connectivity index (χ1n) is 11.0. The Morgan fingerprint density at radius 2 is 1.72 bits per heavy atom. The SMILES string of the molecule is COc1ccc(CNCc2ccc(F)c(F)c2)cc1OC[C@@H](O)CN1CCCN(C)CC1. The maximum Gasteiger partial charge on any atom is 0.161 e. The predicted molar refractivity (Wildman–Crippen MR) is 120 cm³/mol. The molecule has 32 heavy (non-hydrogen) atoms. The van der Waals surface area contributed by atoms with Gasteiger partial charge in [-0.15, -0.1) is 0 Å². The van der Waals surface area contributed by atoms with E-state index in [4.69, 9.17) is 9.47 Å². The summed E-state index contributed by atoms with van der Waals surface area (Å²) in [5.74, 6) is -0.543. The molecule has 2 N–H and O–H groups in total. The van der Waals surface area contributed by atoms with Crippen molar-refractivity contribution in [1.82, 2.24) is 15.1 Å². The normalized spacial score (nSPS) is 16.5. The number of nitrogens with zero attached hydrogens (tertiary/aromatic N) is 2. The van der Waals surface area contributed by atoms with E-state index >= 15 is 0 Å². The van der Waals surface area contributed by atoms with Crippen LogP contribution in [0.25, 0.3) is 0 Å². The van der Waals surface area contributed by atoms with Crippen LogP contribution in [-0.2, 0) is 13.1 Å². The number of hydrogen-bond donors (Lipinski definition) is 2. The van der Waals surface area contributed by atoms with E-state index in [-0.39, 0.29) is 6.61 Å². The van der Waals surface area contributed by atoms with Crippen molar-refractivity contribution < 1.29 is 23.4 Å². The molecule has 1 aliphatic rings. The standard InChI is InChI=1S/C24H33F2N3O3/c1-28-8-3-9-29(11-10-28)16-20(30)17-32-24-13-19(5-7-23(24)31-2)15-27-14-18-4-6-21(25)22(26)12-18/h4-7,12-13,20,27,30H,3,8-11,14-17H2,1-2H3/t20-/m0/s1. The fourth-order valence-corrected chi connectivity index (χ4v) is 3.76. The first kappa shape index (κ1) is 24.4. The summed E-state index contributed by atoms with van der Waals surface area (Å²) in [4.78, 5) is 4.58. The summed E-state index contributed by atoms with van der Waals surface area (Å²) in [5.41, 5.74) is 1.62. The van der Waals surface area contributed by atoms with Crippen LogP contribution in [0.15, 0.2) is 36.4 Å². The fourth-order valence-electron chi connectivity index (χ4n) is 3.76. The summed E-state index contributed by atoms with van der Waals surface area (Å²) in [5, 5.41) is 13.7. The number of ether oxygens (including phenoxy) is 2. The number of hydrogen-bond acceptors (Lipinski definition) is 6. The second-order valence-corrected chi connectivity index (χ2v) is 8.26. The summed E-state index contributed by atoms with van der Waals surface area (Å²) in [7, 11) is 3.70. The lowest BCUT2D eigenvalue weighted by molar-refractivity contribution is 0.0685. The van der Waals surface area contributed by atoms with Crippen molar-refractivity contribution in [1.29, 1.82) is 0 Å². The quantitative estimate of drug-likeness (QED) is 0.582. The molecule has 0 aromatic heterocycles. The van der Waals surface area contributed by atoms with Crippen LogP contribution in [0.4, 0.5) is 8.78 Å². The first-order chi connectivity index (χ1) is 15.4. The van der Waals surface area contributed by atoms with Crippen LogP contribution in [0.2, 0.25) is 0 Å². The van der Waals surface area contributed by atoms with Crippen LogP contribution in [0.3, 0.4) is 0 Å². The van der Waals surface area contributed by atoms with Gasteiger partial charge >= 0.3 is 0 Å². The van der Waals surface area contributed by atoms with Crippen molar-refractivity contribution in [2.45, 2.75) is 25.6 Å². The summed E-state index contributed by atoms with van der Waals surface area (Å²) in [6.07, 6.45) is 0.496. The molecule has 1 saturated heterocycles. The number of aliphatic hydroxyl groups excluding tert-OH is 1. The number of benzene rings is 2. The molecule has 0 aliphatic carbocycles. The van der Waals surface area contributed by atoms with Gasteiger partial charge < -0.3 is 24.8 Å². The maximum atomic E-state index is 13.3. The van der Waals surface area contributed by atoms with Gasteiger partial charge in [0, 0.05) is 32.7 Å². The van der Waals surface area contributed by atoms with Gasteiger partial charge in [-0.2, -0.15) is 0 Å². The summed E-state index contributed by atoms with van der Waals surface area (Å²) in [6, 6.07) is 9.47. The largest absolute Gasteiger partial charge is 0.493 e. The van der Waals surface area contributed by atoms with E-state index < -0.39 is 17.7 Å². The minimum atomic E-state index is -0.852. The van der Waals surface area contributed by atoms with E-state index in [1.165, 1.54) is 6.07 Å². The van der Waals surface area contributed by atoms with Gasteiger partial charge in [-0.05, 0) is 62.0 Å². The van der Waals surface area contributed by atoms with Crippen LogP contribution < -0.4 is 14.8 Å². The third-order valence-electron chi connectivity index (χ3n) is 5.58. The van der Waals surface area contributed by atoms with Gasteiger partial charge in [-0.3, -0.25) is 4.90 Å². The van der Waals surface area contributed by atoms with E-state index in [0.717, 1.165) is 44.2 Å². The molecule has 1 atom stereocenters. The highest BCUT2D eigenvalue weighted by Gasteiger charge is 2.17. The highest BCUT2D eigenvalue weighted by molar-refractivity contribution is 5.43. The molecule has 1 heterocycles. The van der Waals surface area contributed by atoms with Crippen molar-refractivity contribution in [2.75, 3.05) is 53.5 Å².